The Bertz CT molecular complexity index is 363. The zero-order valence-corrected chi connectivity index (χ0v) is 9.84. The summed E-state index contributed by atoms with van der Waals surface area (Å²) in [7, 11) is 0. The molecule has 0 bridgehead atoms. The number of hydrogen-bond acceptors (Lipinski definition) is 2. The first-order valence-corrected chi connectivity index (χ1v) is 6.66. The van der Waals surface area contributed by atoms with E-state index in [0.717, 1.165) is 19.3 Å². The van der Waals surface area contributed by atoms with Gasteiger partial charge in [-0.15, -0.1) is 0 Å². The Labute approximate surface area is 96.8 Å². The number of fused-ring (bicyclic) bond motifs is 1. The molecule has 1 fully saturated rings. The van der Waals surface area contributed by atoms with Gasteiger partial charge in [-0.25, -0.2) is 4.98 Å². The summed E-state index contributed by atoms with van der Waals surface area (Å²) in [6.07, 6.45) is 9.94. The maximum absolute atomic E-state index is 5.99. The van der Waals surface area contributed by atoms with Crippen molar-refractivity contribution in [2.24, 2.45) is 5.73 Å². The Hall–Kier alpha value is -0.830. The number of hydrogen-bond donors (Lipinski definition) is 2. The van der Waals surface area contributed by atoms with Gasteiger partial charge in [-0.2, -0.15) is 0 Å². The van der Waals surface area contributed by atoms with E-state index in [1.165, 1.54) is 49.3 Å². The predicted octanol–water partition coefficient (Wildman–Crippen LogP) is 2.27. The van der Waals surface area contributed by atoms with E-state index in [4.69, 9.17) is 10.7 Å². The Balaban J connectivity index is 1.80. The number of H-pyrrole nitrogens is 1. The number of rotatable bonds is 1. The number of nitrogens with two attached hydrogens (primary N) is 1. The van der Waals surface area contributed by atoms with E-state index in [9.17, 15) is 0 Å². The largest absolute Gasteiger partial charge is 0.345 e. The lowest BCUT2D eigenvalue weighted by molar-refractivity contribution is 0.430. The van der Waals surface area contributed by atoms with Crippen molar-refractivity contribution in [3.63, 3.8) is 0 Å². The summed E-state index contributed by atoms with van der Waals surface area (Å²) in [5.41, 5.74) is 8.60. The molecule has 3 N–H and O–H groups in total. The van der Waals surface area contributed by atoms with Crippen molar-refractivity contribution < 1.29 is 0 Å². The SMILES string of the molecule is N[C@@H]1CCc2nc(C3CCCCC3)[nH]c2C1. The molecule has 3 nitrogen and oxygen atoms in total. The zero-order chi connectivity index (χ0) is 11.0. The fourth-order valence-corrected chi connectivity index (χ4v) is 3.10. The number of imidazole rings is 1. The standard InChI is InChI=1S/C13H21N3/c14-10-6-7-11-12(8-10)16-13(15-11)9-4-2-1-3-5-9/h9-10H,1-8,14H2,(H,15,16)/t10-/m1/s1. The summed E-state index contributed by atoms with van der Waals surface area (Å²) in [6, 6.07) is 0.340. The molecule has 0 radical (unpaired) electrons. The maximum Gasteiger partial charge on any atom is 0.109 e. The van der Waals surface area contributed by atoms with Gasteiger partial charge < -0.3 is 10.7 Å². The molecule has 1 aromatic rings. The molecule has 0 saturated heterocycles. The van der Waals surface area contributed by atoms with Crippen LogP contribution in [0, 0.1) is 0 Å². The number of nitrogens with one attached hydrogen (secondary N) is 1. The number of aromatic nitrogens is 2. The van der Waals surface area contributed by atoms with Crippen LogP contribution in [0.3, 0.4) is 0 Å². The second kappa shape index (κ2) is 4.21. The van der Waals surface area contributed by atoms with Crippen LogP contribution in [-0.4, -0.2) is 16.0 Å². The third-order valence-electron chi connectivity index (χ3n) is 4.09. The number of aryl methyl sites for hydroxylation is 1. The third kappa shape index (κ3) is 1.88. The van der Waals surface area contributed by atoms with Crippen LogP contribution in [0.25, 0.3) is 0 Å². The molecule has 0 spiro atoms. The molecule has 3 heteroatoms. The second-order valence-electron chi connectivity index (χ2n) is 5.39. The molecule has 1 saturated carbocycles. The van der Waals surface area contributed by atoms with Crippen molar-refractivity contribution in [3.05, 3.63) is 17.2 Å². The Morgan fingerprint density at radius 3 is 2.75 bits per heavy atom. The van der Waals surface area contributed by atoms with E-state index in [-0.39, 0.29) is 0 Å². The maximum atomic E-state index is 5.99. The molecule has 1 atom stereocenters. The van der Waals surface area contributed by atoms with Gasteiger partial charge in [0.1, 0.15) is 5.82 Å². The average Bonchev–Trinajstić information content (AvgIpc) is 2.73. The highest BCUT2D eigenvalue weighted by molar-refractivity contribution is 5.21. The van der Waals surface area contributed by atoms with Crippen molar-refractivity contribution >= 4 is 0 Å². The van der Waals surface area contributed by atoms with Crippen LogP contribution < -0.4 is 5.73 Å². The van der Waals surface area contributed by atoms with Crippen LogP contribution in [0.4, 0.5) is 0 Å². The number of aromatic amines is 1. The lowest BCUT2D eigenvalue weighted by Gasteiger charge is -2.19. The van der Waals surface area contributed by atoms with Crippen LogP contribution in [0.1, 0.15) is 61.7 Å². The molecule has 1 heterocycles. The molecule has 2 aliphatic rings. The second-order valence-corrected chi connectivity index (χ2v) is 5.39. The van der Waals surface area contributed by atoms with E-state index in [1.807, 2.05) is 0 Å². The van der Waals surface area contributed by atoms with E-state index in [2.05, 4.69) is 4.98 Å². The Kier molecular flexibility index (Phi) is 2.72. The van der Waals surface area contributed by atoms with Crippen molar-refractivity contribution in [2.45, 2.75) is 63.3 Å². The smallest absolute Gasteiger partial charge is 0.109 e. The van der Waals surface area contributed by atoms with Crippen LogP contribution in [-0.2, 0) is 12.8 Å². The van der Waals surface area contributed by atoms with E-state index >= 15 is 0 Å². The summed E-state index contributed by atoms with van der Waals surface area (Å²) in [5, 5.41) is 0. The van der Waals surface area contributed by atoms with Crippen LogP contribution in [0.5, 0.6) is 0 Å². The molecule has 2 aliphatic carbocycles. The van der Waals surface area contributed by atoms with Gasteiger partial charge in [-0.05, 0) is 25.7 Å². The molecule has 1 aromatic heterocycles. The Morgan fingerprint density at radius 1 is 1.12 bits per heavy atom. The summed E-state index contributed by atoms with van der Waals surface area (Å²) in [4.78, 5) is 8.34. The molecule has 0 aliphatic heterocycles. The molecule has 0 aromatic carbocycles. The van der Waals surface area contributed by atoms with Gasteiger partial charge in [0, 0.05) is 24.1 Å². The van der Waals surface area contributed by atoms with Crippen molar-refractivity contribution in [3.8, 4) is 0 Å². The van der Waals surface area contributed by atoms with Gasteiger partial charge in [0.15, 0.2) is 0 Å². The molecule has 0 unspecified atom stereocenters. The first-order valence-electron chi connectivity index (χ1n) is 6.66. The summed E-state index contributed by atoms with van der Waals surface area (Å²) in [6.45, 7) is 0. The molecular weight excluding hydrogens is 198 g/mol. The minimum Gasteiger partial charge on any atom is -0.345 e. The lowest BCUT2D eigenvalue weighted by atomic mass is 9.89. The minimum absolute atomic E-state index is 0.340. The van der Waals surface area contributed by atoms with Crippen molar-refractivity contribution in [2.75, 3.05) is 0 Å². The van der Waals surface area contributed by atoms with Gasteiger partial charge in [0.2, 0.25) is 0 Å². The van der Waals surface area contributed by atoms with Gasteiger partial charge in [0.05, 0.1) is 5.69 Å². The minimum atomic E-state index is 0.340. The van der Waals surface area contributed by atoms with Gasteiger partial charge in [0.25, 0.3) is 0 Å². The highest BCUT2D eigenvalue weighted by Gasteiger charge is 2.23. The van der Waals surface area contributed by atoms with Gasteiger partial charge >= 0.3 is 0 Å². The Morgan fingerprint density at radius 2 is 1.94 bits per heavy atom. The first-order chi connectivity index (χ1) is 7.83. The summed E-state index contributed by atoms with van der Waals surface area (Å²) in [5.74, 6) is 1.94. The van der Waals surface area contributed by atoms with Crippen LogP contribution in [0.2, 0.25) is 0 Å². The monoisotopic (exact) mass is 219 g/mol. The van der Waals surface area contributed by atoms with Crippen LogP contribution in [0.15, 0.2) is 0 Å². The average molecular weight is 219 g/mol. The lowest BCUT2D eigenvalue weighted by Crippen LogP contribution is -2.27. The fraction of sp³-hybridized carbons (Fsp3) is 0.769. The third-order valence-corrected chi connectivity index (χ3v) is 4.09. The molecule has 88 valence electrons. The quantitative estimate of drug-likeness (QED) is 0.761. The van der Waals surface area contributed by atoms with E-state index in [1.54, 1.807) is 0 Å². The zero-order valence-electron chi connectivity index (χ0n) is 9.84. The summed E-state index contributed by atoms with van der Waals surface area (Å²) < 4.78 is 0. The van der Waals surface area contributed by atoms with E-state index < -0.39 is 0 Å². The van der Waals surface area contributed by atoms with Gasteiger partial charge in [-0.3, -0.25) is 0 Å². The molecule has 16 heavy (non-hydrogen) atoms. The number of nitrogens with zero attached hydrogens (tertiary/aromatic N) is 1. The first kappa shape index (κ1) is 10.3. The highest BCUT2D eigenvalue weighted by atomic mass is 15.0. The van der Waals surface area contributed by atoms with Crippen molar-refractivity contribution in [1.82, 2.24) is 9.97 Å². The normalized spacial score (nSPS) is 26.7. The van der Waals surface area contributed by atoms with Gasteiger partial charge in [-0.1, -0.05) is 19.3 Å². The molecule has 0 amide bonds. The highest BCUT2D eigenvalue weighted by Crippen LogP contribution is 2.32. The fourth-order valence-electron chi connectivity index (χ4n) is 3.10. The predicted molar refractivity (Wildman–Crippen MR) is 64.4 cm³/mol. The topological polar surface area (TPSA) is 54.7 Å². The molecule has 3 rings (SSSR count). The van der Waals surface area contributed by atoms with Crippen LogP contribution >= 0.6 is 0 Å². The summed E-state index contributed by atoms with van der Waals surface area (Å²) >= 11 is 0. The van der Waals surface area contributed by atoms with E-state index in [0.29, 0.717) is 12.0 Å². The molecular formula is C13H21N3. The van der Waals surface area contributed by atoms with Crippen molar-refractivity contribution in [1.29, 1.82) is 0 Å².